The Morgan fingerprint density at radius 1 is 0.449 bits per heavy atom. The van der Waals surface area contributed by atoms with Crippen LogP contribution < -0.4 is 4.90 Å². The zero-order valence-electron chi connectivity index (χ0n) is 29.3. The van der Waals surface area contributed by atoms with Crippen LogP contribution in [0.1, 0.15) is 93.5 Å². The highest BCUT2D eigenvalue weighted by molar-refractivity contribution is 5.92. The molecule has 9 rings (SSSR count). The smallest absolute Gasteiger partial charge is 0.0540 e. The molecule has 1 fully saturated rings. The summed E-state index contributed by atoms with van der Waals surface area (Å²) in [6, 6.07) is 50.8. The molecule has 1 heteroatoms. The van der Waals surface area contributed by atoms with E-state index in [1.807, 2.05) is 0 Å². The lowest BCUT2D eigenvalue weighted by Crippen LogP contribution is -2.18. The molecule has 0 N–H and O–H groups in total. The molecular formula is C48H45N. The molecule has 0 aromatic heterocycles. The van der Waals surface area contributed by atoms with E-state index in [4.69, 9.17) is 0 Å². The lowest BCUT2D eigenvalue weighted by molar-refractivity contribution is 0.444. The Bertz CT molecular complexity index is 2120. The fraction of sp³-hybridized carbons (Fsp3) is 0.250. The van der Waals surface area contributed by atoms with Gasteiger partial charge in [-0.25, -0.2) is 0 Å². The molecule has 49 heavy (non-hydrogen) atoms. The van der Waals surface area contributed by atoms with Crippen LogP contribution in [0, 0.1) is 0 Å². The van der Waals surface area contributed by atoms with Gasteiger partial charge >= 0.3 is 0 Å². The van der Waals surface area contributed by atoms with Crippen molar-refractivity contribution in [1.82, 2.24) is 0 Å². The molecular weight excluding hydrogens is 591 g/mol. The van der Waals surface area contributed by atoms with Gasteiger partial charge in [0, 0.05) is 27.8 Å². The van der Waals surface area contributed by atoms with Crippen molar-refractivity contribution in [3.63, 3.8) is 0 Å². The van der Waals surface area contributed by atoms with Gasteiger partial charge in [0.2, 0.25) is 0 Å². The molecule has 0 saturated heterocycles. The van der Waals surface area contributed by atoms with E-state index < -0.39 is 0 Å². The summed E-state index contributed by atoms with van der Waals surface area (Å²) in [4.78, 5) is 2.53. The summed E-state index contributed by atoms with van der Waals surface area (Å²) in [7, 11) is 0. The van der Waals surface area contributed by atoms with Crippen LogP contribution in [0.25, 0.3) is 33.4 Å². The standard InChI is InChI=1S/C48H45N/c1-47(2)42-22-11-8-20-38(42)40-27-25-35(30-44(40)47)49(36-26-28-41-39-21-9-12-23-43(39)48(3,4)45(41)31-36)46-24-13-10-19-37(46)34-18-14-17-33(29-34)32-15-6-5-7-16-32/h8-14,17-32H,5-7,15-16H2,1-4H3. The summed E-state index contributed by atoms with van der Waals surface area (Å²) < 4.78 is 0. The van der Waals surface area contributed by atoms with E-state index >= 15 is 0 Å². The molecule has 3 aliphatic rings. The van der Waals surface area contributed by atoms with Gasteiger partial charge in [0.25, 0.3) is 0 Å². The quantitative estimate of drug-likeness (QED) is 0.182. The Labute approximate surface area is 292 Å². The minimum atomic E-state index is -0.0803. The van der Waals surface area contributed by atoms with E-state index in [2.05, 4.69) is 166 Å². The van der Waals surface area contributed by atoms with Crippen molar-refractivity contribution < 1.29 is 0 Å². The summed E-state index contributed by atoms with van der Waals surface area (Å²) in [5.74, 6) is 0.665. The highest BCUT2D eigenvalue weighted by Crippen LogP contribution is 2.53. The Morgan fingerprint density at radius 3 is 1.55 bits per heavy atom. The number of hydrogen-bond donors (Lipinski definition) is 0. The predicted molar refractivity (Wildman–Crippen MR) is 208 cm³/mol. The molecule has 0 radical (unpaired) electrons. The van der Waals surface area contributed by atoms with E-state index in [1.54, 1.807) is 0 Å². The number of rotatable bonds is 5. The van der Waals surface area contributed by atoms with Gasteiger partial charge in [-0.2, -0.15) is 0 Å². The number of hydrogen-bond acceptors (Lipinski definition) is 1. The zero-order chi connectivity index (χ0) is 33.3. The van der Waals surface area contributed by atoms with Crippen LogP contribution in [0.3, 0.4) is 0 Å². The van der Waals surface area contributed by atoms with Crippen LogP contribution in [0.15, 0.2) is 133 Å². The van der Waals surface area contributed by atoms with Crippen LogP contribution in [0.5, 0.6) is 0 Å². The van der Waals surface area contributed by atoms with E-state index in [-0.39, 0.29) is 10.8 Å². The molecule has 6 aromatic carbocycles. The Morgan fingerprint density at radius 2 is 0.959 bits per heavy atom. The fourth-order valence-corrected chi connectivity index (χ4v) is 9.40. The molecule has 0 bridgehead atoms. The maximum Gasteiger partial charge on any atom is 0.0540 e. The molecule has 6 aromatic rings. The van der Waals surface area contributed by atoms with Crippen molar-refractivity contribution in [1.29, 1.82) is 0 Å². The molecule has 0 atom stereocenters. The van der Waals surface area contributed by atoms with E-state index in [9.17, 15) is 0 Å². The van der Waals surface area contributed by atoms with Gasteiger partial charge in [0.05, 0.1) is 5.69 Å². The average Bonchev–Trinajstić information content (AvgIpc) is 3.52. The van der Waals surface area contributed by atoms with Crippen molar-refractivity contribution in [2.75, 3.05) is 4.90 Å². The van der Waals surface area contributed by atoms with Crippen LogP contribution >= 0.6 is 0 Å². The molecule has 242 valence electrons. The van der Waals surface area contributed by atoms with Gasteiger partial charge in [0.1, 0.15) is 0 Å². The van der Waals surface area contributed by atoms with Crippen LogP contribution in [-0.4, -0.2) is 0 Å². The first-order chi connectivity index (χ1) is 23.8. The first kappa shape index (κ1) is 30.2. The molecule has 0 aliphatic heterocycles. The van der Waals surface area contributed by atoms with E-state index in [0.29, 0.717) is 5.92 Å². The highest BCUT2D eigenvalue weighted by Gasteiger charge is 2.38. The number of fused-ring (bicyclic) bond motifs is 6. The normalized spacial score (nSPS) is 16.8. The highest BCUT2D eigenvalue weighted by atomic mass is 15.1. The summed E-state index contributed by atoms with van der Waals surface area (Å²) >= 11 is 0. The minimum Gasteiger partial charge on any atom is -0.310 e. The van der Waals surface area contributed by atoms with Crippen LogP contribution in [-0.2, 0) is 10.8 Å². The molecule has 3 aliphatic carbocycles. The third-order valence-corrected chi connectivity index (χ3v) is 12.1. The Kier molecular flexibility index (Phi) is 6.99. The van der Waals surface area contributed by atoms with Crippen molar-refractivity contribution in [3.05, 3.63) is 161 Å². The first-order valence-electron chi connectivity index (χ1n) is 18.3. The maximum atomic E-state index is 2.53. The number of anilines is 3. The minimum absolute atomic E-state index is 0.0803. The second kappa shape index (κ2) is 11.3. The lowest BCUT2D eigenvalue weighted by atomic mass is 9.82. The second-order valence-electron chi connectivity index (χ2n) is 15.6. The molecule has 0 amide bonds. The number of nitrogens with zero attached hydrogens (tertiary/aromatic N) is 1. The largest absolute Gasteiger partial charge is 0.310 e. The average molecular weight is 636 g/mol. The molecule has 1 saturated carbocycles. The number of benzene rings is 6. The number of para-hydroxylation sites is 1. The maximum absolute atomic E-state index is 2.53. The van der Waals surface area contributed by atoms with Crippen molar-refractivity contribution in [2.24, 2.45) is 0 Å². The molecule has 0 unspecified atom stereocenters. The van der Waals surface area contributed by atoms with Gasteiger partial charge in [-0.05, 0) is 105 Å². The van der Waals surface area contributed by atoms with Crippen LogP contribution in [0.4, 0.5) is 17.1 Å². The van der Waals surface area contributed by atoms with Crippen molar-refractivity contribution in [3.8, 4) is 33.4 Å². The van der Waals surface area contributed by atoms with E-state index in [0.717, 1.165) is 0 Å². The Hall–Kier alpha value is -4.88. The molecule has 0 heterocycles. The first-order valence-corrected chi connectivity index (χ1v) is 18.3. The fourth-order valence-electron chi connectivity index (χ4n) is 9.40. The summed E-state index contributed by atoms with van der Waals surface area (Å²) in [6.45, 7) is 9.52. The third kappa shape index (κ3) is 4.73. The van der Waals surface area contributed by atoms with E-state index in [1.165, 1.54) is 110 Å². The van der Waals surface area contributed by atoms with Gasteiger partial charge in [-0.3, -0.25) is 0 Å². The van der Waals surface area contributed by atoms with Crippen LogP contribution in [0.2, 0.25) is 0 Å². The SMILES string of the molecule is CC1(C)c2ccccc2-c2ccc(N(c3ccc4c(c3)C(C)(C)c3ccccc3-4)c3ccccc3-c3cccc(C4CCCCC4)c3)cc21. The summed E-state index contributed by atoms with van der Waals surface area (Å²) in [6.07, 6.45) is 6.67. The van der Waals surface area contributed by atoms with Gasteiger partial charge < -0.3 is 4.90 Å². The van der Waals surface area contributed by atoms with Crippen molar-refractivity contribution >= 4 is 17.1 Å². The monoisotopic (exact) mass is 635 g/mol. The summed E-state index contributed by atoms with van der Waals surface area (Å²) in [5, 5.41) is 0. The lowest BCUT2D eigenvalue weighted by Gasteiger charge is -2.31. The third-order valence-electron chi connectivity index (χ3n) is 12.1. The zero-order valence-corrected chi connectivity index (χ0v) is 29.3. The Balaban J connectivity index is 1.24. The predicted octanol–water partition coefficient (Wildman–Crippen LogP) is 13.5. The van der Waals surface area contributed by atoms with Gasteiger partial charge in [-0.1, -0.05) is 150 Å². The second-order valence-corrected chi connectivity index (χ2v) is 15.6. The molecule has 1 nitrogen and oxygen atoms in total. The summed E-state index contributed by atoms with van der Waals surface area (Å²) in [5.41, 5.74) is 18.5. The van der Waals surface area contributed by atoms with Gasteiger partial charge in [-0.15, -0.1) is 0 Å². The van der Waals surface area contributed by atoms with Gasteiger partial charge in [0.15, 0.2) is 0 Å². The molecule has 0 spiro atoms. The van der Waals surface area contributed by atoms with Crippen molar-refractivity contribution in [2.45, 2.75) is 76.5 Å². The topological polar surface area (TPSA) is 3.24 Å².